The summed E-state index contributed by atoms with van der Waals surface area (Å²) in [5.74, 6) is 1.17. The van der Waals surface area contributed by atoms with Crippen molar-refractivity contribution >= 4 is 5.78 Å². The molecule has 0 aromatic carbocycles. The Morgan fingerprint density at radius 3 is 2.60 bits per heavy atom. The highest BCUT2D eigenvalue weighted by Gasteiger charge is 2.19. The summed E-state index contributed by atoms with van der Waals surface area (Å²) in [7, 11) is 2.14. The largest absolute Gasteiger partial charge is 0.377 e. The second-order valence-electron chi connectivity index (χ2n) is 4.99. The van der Waals surface area contributed by atoms with Gasteiger partial charge < -0.3 is 4.90 Å². The molecule has 2 aliphatic rings. The summed E-state index contributed by atoms with van der Waals surface area (Å²) in [6.07, 6.45) is 10.5. The van der Waals surface area contributed by atoms with Crippen molar-refractivity contribution in [2.75, 3.05) is 13.6 Å². The summed E-state index contributed by atoms with van der Waals surface area (Å²) in [6, 6.07) is 0. The van der Waals surface area contributed by atoms with Gasteiger partial charge in [0.1, 0.15) is 0 Å². The van der Waals surface area contributed by atoms with Gasteiger partial charge in [-0.2, -0.15) is 0 Å². The van der Waals surface area contributed by atoms with Crippen molar-refractivity contribution in [3.05, 3.63) is 11.8 Å². The van der Waals surface area contributed by atoms with Gasteiger partial charge in [-0.1, -0.05) is 19.3 Å². The molecule has 0 heterocycles. The standard InChI is InChI=1S/C13H21NO/c1-14(12-7-8-13(15)9-12)10-11-5-3-2-4-6-11/h9,11H,2-8,10H2,1H3. The second-order valence-corrected chi connectivity index (χ2v) is 4.99. The lowest BCUT2D eigenvalue weighted by Crippen LogP contribution is -2.26. The van der Waals surface area contributed by atoms with E-state index in [1.54, 1.807) is 0 Å². The van der Waals surface area contributed by atoms with Crippen LogP contribution in [0.1, 0.15) is 44.9 Å². The summed E-state index contributed by atoms with van der Waals surface area (Å²) < 4.78 is 0. The monoisotopic (exact) mass is 207 g/mol. The molecule has 0 spiro atoms. The zero-order chi connectivity index (χ0) is 10.7. The molecule has 15 heavy (non-hydrogen) atoms. The molecule has 0 radical (unpaired) electrons. The van der Waals surface area contributed by atoms with E-state index in [9.17, 15) is 4.79 Å². The number of rotatable bonds is 3. The van der Waals surface area contributed by atoms with Crippen LogP contribution in [0.15, 0.2) is 11.8 Å². The van der Waals surface area contributed by atoms with Crippen molar-refractivity contribution < 1.29 is 4.79 Å². The molecule has 2 nitrogen and oxygen atoms in total. The van der Waals surface area contributed by atoms with Crippen LogP contribution in [-0.4, -0.2) is 24.3 Å². The molecule has 0 amide bonds. The maximum absolute atomic E-state index is 11.1. The molecule has 84 valence electrons. The zero-order valence-corrected chi connectivity index (χ0v) is 9.67. The fourth-order valence-corrected chi connectivity index (χ4v) is 2.76. The highest BCUT2D eigenvalue weighted by molar-refractivity contribution is 5.92. The number of carbonyl (C=O) groups is 1. The van der Waals surface area contributed by atoms with Crippen molar-refractivity contribution in [1.82, 2.24) is 4.90 Å². The third-order valence-corrected chi connectivity index (χ3v) is 3.70. The fourth-order valence-electron chi connectivity index (χ4n) is 2.76. The van der Waals surface area contributed by atoms with E-state index in [-0.39, 0.29) is 0 Å². The molecular weight excluding hydrogens is 186 g/mol. The summed E-state index contributed by atoms with van der Waals surface area (Å²) in [6.45, 7) is 1.15. The van der Waals surface area contributed by atoms with E-state index in [0.29, 0.717) is 5.78 Å². The molecule has 1 saturated carbocycles. The van der Waals surface area contributed by atoms with Crippen LogP contribution in [0, 0.1) is 5.92 Å². The van der Waals surface area contributed by atoms with Gasteiger partial charge in [-0.3, -0.25) is 4.79 Å². The van der Waals surface area contributed by atoms with Crippen molar-refractivity contribution in [3.63, 3.8) is 0 Å². The van der Waals surface area contributed by atoms with Gasteiger partial charge in [-0.15, -0.1) is 0 Å². The Bertz CT molecular complexity index is 264. The van der Waals surface area contributed by atoms with E-state index in [0.717, 1.165) is 25.3 Å². The minimum atomic E-state index is 0.306. The third kappa shape index (κ3) is 2.83. The Morgan fingerprint density at radius 2 is 2.00 bits per heavy atom. The summed E-state index contributed by atoms with van der Waals surface area (Å²) >= 11 is 0. The first kappa shape index (κ1) is 10.7. The molecule has 0 aromatic heterocycles. The van der Waals surface area contributed by atoms with E-state index in [2.05, 4.69) is 11.9 Å². The number of nitrogens with zero attached hydrogens (tertiary/aromatic N) is 1. The summed E-state index contributed by atoms with van der Waals surface area (Å²) in [5.41, 5.74) is 1.26. The number of hydrogen-bond donors (Lipinski definition) is 0. The number of ketones is 1. The first-order chi connectivity index (χ1) is 7.25. The van der Waals surface area contributed by atoms with E-state index in [4.69, 9.17) is 0 Å². The third-order valence-electron chi connectivity index (χ3n) is 3.70. The van der Waals surface area contributed by atoms with E-state index in [1.807, 2.05) is 6.08 Å². The van der Waals surface area contributed by atoms with E-state index < -0.39 is 0 Å². The second kappa shape index (κ2) is 4.82. The Morgan fingerprint density at radius 1 is 1.27 bits per heavy atom. The lowest BCUT2D eigenvalue weighted by atomic mass is 9.89. The minimum absolute atomic E-state index is 0.306. The molecule has 1 fully saturated rings. The lowest BCUT2D eigenvalue weighted by molar-refractivity contribution is -0.114. The van der Waals surface area contributed by atoms with Crippen LogP contribution in [0.25, 0.3) is 0 Å². The Balaban J connectivity index is 1.83. The van der Waals surface area contributed by atoms with Gasteiger partial charge in [-0.25, -0.2) is 0 Å². The molecule has 0 bridgehead atoms. The van der Waals surface area contributed by atoms with Gasteiger partial charge in [-0.05, 0) is 25.2 Å². The van der Waals surface area contributed by atoms with Gasteiger partial charge >= 0.3 is 0 Å². The predicted octanol–water partition coefficient (Wildman–Crippen LogP) is 2.75. The van der Waals surface area contributed by atoms with Crippen LogP contribution in [0.3, 0.4) is 0 Å². The van der Waals surface area contributed by atoms with Crippen LogP contribution < -0.4 is 0 Å². The molecule has 0 unspecified atom stereocenters. The maximum Gasteiger partial charge on any atom is 0.157 e. The molecule has 2 rings (SSSR count). The molecule has 0 aliphatic heterocycles. The van der Waals surface area contributed by atoms with Crippen LogP contribution in [0.5, 0.6) is 0 Å². The number of carbonyl (C=O) groups excluding carboxylic acids is 1. The van der Waals surface area contributed by atoms with Crippen molar-refractivity contribution in [3.8, 4) is 0 Å². The Kier molecular flexibility index (Phi) is 3.45. The Hall–Kier alpha value is -0.790. The lowest BCUT2D eigenvalue weighted by Gasteiger charge is -2.28. The van der Waals surface area contributed by atoms with Crippen molar-refractivity contribution in [2.24, 2.45) is 5.92 Å². The average Bonchev–Trinajstić information content (AvgIpc) is 2.66. The highest BCUT2D eigenvalue weighted by atomic mass is 16.1. The first-order valence-corrected chi connectivity index (χ1v) is 6.20. The van der Waals surface area contributed by atoms with Crippen LogP contribution in [0.2, 0.25) is 0 Å². The topological polar surface area (TPSA) is 20.3 Å². The Labute approximate surface area is 92.3 Å². The number of hydrogen-bond acceptors (Lipinski definition) is 2. The molecule has 0 N–H and O–H groups in total. The smallest absolute Gasteiger partial charge is 0.157 e. The molecule has 0 saturated heterocycles. The molecule has 2 heteroatoms. The van der Waals surface area contributed by atoms with Gasteiger partial charge in [0.05, 0.1) is 0 Å². The predicted molar refractivity (Wildman–Crippen MR) is 61.5 cm³/mol. The number of allylic oxidation sites excluding steroid dienone is 2. The van der Waals surface area contributed by atoms with Crippen LogP contribution in [0.4, 0.5) is 0 Å². The van der Waals surface area contributed by atoms with Crippen LogP contribution in [-0.2, 0) is 4.79 Å². The summed E-state index contributed by atoms with van der Waals surface area (Å²) in [4.78, 5) is 13.5. The average molecular weight is 207 g/mol. The molecule has 0 atom stereocenters. The van der Waals surface area contributed by atoms with Gasteiger partial charge in [0, 0.05) is 31.8 Å². The normalized spacial score (nSPS) is 23.0. The molecule has 0 aromatic rings. The van der Waals surface area contributed by atoms with Gasteiger partial charge in [0.2, 0.25) is 0 Å². The van der Waals surface area contributed by atoms with Crippen molar-refractivity contribution in [2.45, 2.75) is 44.9 Å². The first-order valence-electron chi connectivity index (χ1n) is 6.20. The fraction of sp³-hybridized carbons (Fsp3) is 0.769. The highest BCUT2D eigenvalue weighted by Crippen LogP contribution is 2.26. The summed E-state index contributed by atoms with van der Waals surface area (Å²) in [5, 5.41) is 0. The molecule has 2 aliphatic carbocycles. The van der Waals surface area contributed by atoms with Crippen molar-refractivity contribution in [1.29, 1.82) is 0 Å². The zero-order valence-electron chi connectivity index (χ0n) is 9.67. The van der Waals surface area contributed by atoms with Crippen LogP contribution >= 0.6 is 0 Å². The molecular formula is C13H21NO. The van der Waals surface area contributed by atoms with Gasteiger partial charge in [0.15, 0.2) is 5.78 Å². The minimum Gasteiger partial charge on any atom is -0.377 e. The van der Waals surface area contributed by atoms with E-state index >= 15 is 0 Å². The quantitative estimate of drug-likeness (QED) is 0.709. The van der Waals surface area contributed by atoms with Gasteiger partial charge in [0.25, 0.3) is 0 Å². The maximum atomic E-state index is 11.1. The van der Waals surface area contributed by atoms with E-state index in [1.165, 1.54) is 37.8 Å². The SMILES string of the molecule is CN(CC1CCCCC1)C1=CC(=O)CC1.